The van der Waals surface area contributed by atoms with Gasteiger partial charge in [-0.2, -0.15) is 13.2 Å². The maximum Gasteiger partial charge on any atom is 0.419 e. The minimum Gasteiger partial charge on any atom is -0.495 e. The van der Waals surface area contributed by atoms with Crippen LogP contribution in [-0.4, -0.2) is 86.6 Å². The molecule has 240 valence electrons. The van der Waals surface area contributed by atoms with Gasteiger partial charge in [-0.25, -0.2) is 22.7 Å². The van der Waals surface area contributed by atoms with Gasteiger partial charge in [0, 0.05) is 37.9 Å². The summed E-state index contributed by atoms with van der Waals surface area (Å²) in [7, 11) is 3.46. The standard InChI is InChI=1S/C29H43F3N6O4S/c1-6-43(40,41)38(4)25-13-8-7-10-20(25)11-9-12-23-22(29(30,31)32)19-34-28(35-23)36-24-15-14-21(18-26(24)42-5)27(39)33-16-17-37(2)3/h14-15,18-20,25H,6-13,16-17H2,1-5H3,(H,33,39)(H,34,35,36)/t20?,25-/m1/s1. The van der Waals surface area contributed by atoms with Crippen LogP contribution in [0.1, 0.15) is 67.1 Å². The van der Waals surface area contributed by atoms with Crippen molar-refractivity contribution in [3.05, 3.63) is 41.2 Å². The molecule has 43 heavy (non-hydrogen) atoms. The van der Waals surface area contributed by atoms with Crippen LogP contribution in [0.2, 0.25) is 0 Å². The van der Waals surface area contributed by atoms with Gasteiger partial charge in [-0.1, -0.05) is 12.8 Å². The number of halogens is 3. The van der Waals surface area contributed by atoms with Crippen molar-refractivity contribution in [2.75, 3.05) is 52.4 Å². The van der Waals surface area contributed by atoms with Crippen molar-refractivity contribution in [3.63, 3.8) is 0 Å². The van der Waals surface area contributed by atoms with Crippen LogP contribution in [-0.2, 0) is 22.6 Å². The smallest absolute Gasteiger partial charge is 0.419 e. The monoisotopic (exact) mass is 628 g/mol. The summed E-state index contributed by atoms with van der Waals surface area (Å²) in [6.07, 6.45) is 0.679. The predicted molar refractivity (Wildman–Crippen MR) is 160 cm³/mol. The number of aryl methyl sites for hydroxylation is 1. The summed E-state index contributed by atoms with van der Waals surface area (Å²) in [6, 6.07) is 4.55. The van der Waals surface area contributed by atoms with E-state index in [0.717, 1.165) is 31.9 Å². The number of rotatable bonds is 14. The van der Waals surface area contributed by atoms with Gasteiger partial charge in [0.1, 0.15) is 5.75 Å². The first-order valence-electron chi connectivity index (χ1n) is 14.5. The van der Waals surface area contributed by atoms with Gasteiger partial charge in [0.05, 0.1) is 29.8 Å². The molecule has 2 atom stereocenters. The number of amides is 1. The van der Waals surface area contributed by atoms with Crippen LogP contribution >= 0.6 is 0 Å². The minimum absolute atomic E-state index is 0.00978. The van der Waals surface area contributed by atoms with Crippen molar-refractivity contribution in [1.82, 2.24) is 24.5 Å². The number of nitrogens with one attached hydrogen (secondary N) is 2. The number of carbonyl (C=O) groups excluding carboxylic acids is 1. The van der Waals surface area contributed by atoms with Gasteiger partial charge in [-0.05, 0) is 77.2 Å². The molecule has 2 aromatic rings. The number of likely N-dealkylation sites (N-methyl/N-ethyl adjacent to an activating group) is 1. The molecule has 1 unspecified atom stereocenters. The molecule has 1 heterocycles. The summed E-state index contributed by atoms with van der Waals surface area (Å²) in [5.74, 6) is 0.0688. The Morgan fingerprint density at radius 3 is 2.53 bits per heavy atom. The zero-order chi connectivity index (χ0) is 31.8. The van der Waals surface area contributed by atoms with E-state index in [1.165, 1.54) is 17.5 Å². The molecular formula is C29H43F3N6O4S. The normalized spacial score (nSPS) is 17.7. The quantitative estimate of drug-likeness (QED) is 0.309. The van der Waals surface area contributed by atoms with Gasteiger partial charge in [0.2, 0.25) is 16.0 Å². The molecule has 2 N–H and O–H groups in total. The maximum atomic E-state index is 13.9. The number of hydrogen-bond donors (Lipinski definition) is 2. The molecule has 0 aliphatic heterocycles. The van der Waals surface area contributed by atoms with Crippen LogP contribution in [0.4, 0.5) is 24.8 Å². The first-order valence-corrected chi connectivity index (χ1v) is 16.1. The van der Waals surface area contributed by atoms with E-state index < -0.39 is 21.8 Å². The van der Waals surface area contributed by atoms with E-state index in [1.807, 2.05) is 19.0 Å². The first kappa shape index (κ1) is 34.5. The molecule has 1 aliphatic carbocycles. The first-order chi connectivity index (χ1) is 20.3. The second kappa shape index (κ2) is 15.2. The van der Waals surface area contributed by atoms with Crippen molar-refractivity contribution in [3.8, 4) is 5.75 Å². The molecule has 0 bridgehead atoms. The summed E-state index contributed by atoms with van der Waals surface area (Å²) < 4.78 is 73.4. The van der Waals surface area contributed by atoms with Crippen molar-refractivity contribution >= 4 is 27.6 Å². The Bertz CT molecular complexity index is 1340. The molecule has 1 aromatic carbocycles. The number of alkyl halides is 3. The highest BCUT2D eigenvalue weighted by molar-refractivity contribution is 7.89. The maximum absolute atomic E-state index is 13.9. The van der Waals surface area contributed by atoms with E-state index in [1.54, 1.807) is 26.1 Å². The number of nitrogens with zero attached hydrogens (tertiary/aromatic N) is 4. The zero-order valence-electron chi connectivity index (χ0n) is 25.5. The lowest BCUT2D eigenvalue weighted by atomic mass is 9.81. The lowest BCUT2D eigenvalue weighted by Crippen LogP contribution is -2.44. The Hall–Kier alpha value is -2.97. The van der Waals surface area contributed by atoms with E-state index in [2.05, 4.69) is 20.6 Å². The molecule has 0 spiro atoms. The highest BCUT2D eigenvalue weighted by atomic mass is 32.2. The van der Waals surface area contributed by atoms with Gasteiger partial charge < -0.3 is 20.3 Å². The Kier molecular flexibility index (Phi) is 12.2. The van der Waals surface area contributed by atoms with E-state index in [0.29, 0.717) is 42.9 Å². The average molecular weight is 629 g/mol. The van der Waals surface area contributed by atoms with Crippen LogP contribution in [0.3, 0.4) is 0 Å². The summed E-state index contributed by atoms with van der Waals surface area (Å²) in [5, 5.41) is 5.75. The molecule has 0 saturated heterocycles. The summed E-state index contributed by atoms with van der Waals surface area (Å²) in [4.78, 5) is 22.6. The van der Waals surface area contributed by atoms with Gasteiger partial charge >= 0.3 is 6.18 Å². The second-order valence-electron chi connectivity index (χ2n) is 11.1. The van der Waals surface area contributed by atoms with Crippen molar-refractivity contribution in [1.29, 1.82) is 0 Å². The molecule has 3 rings (SSSR count). The molecular weight excluding hydrogens is 585 g/mol. The van der Waals surface area contributed by atoms with E-state index in [-0.39, 0.29) is 41.7 Å². The summed E-state index contributed by atoms with van der Waals surface area (Å²) in [5.41, 5.74) is -0.278. The number of hydrogen-bond acceptors (Lipinski definition) is 8. The Balaban J connectivity index is 1.75. The molecule has 1 aromatic heterocycles. The van der Waals surface area contributed by atoms with E-state index in [4.69, 9.17) is 4.74 Å². The molecule has 14 heteroatoms. The van der Waals surface area contributed by atoms with Crippen LogP contribution in [0.15, 0.2) is 24.4 Å². The minimum atomic E-state index is -4.63. The van der Waals surface area contributed by atoms with Crippen LogP contribution in [0, 0.1) is 5.92 Å². The molecule has 0 radical (unpaired) electrons. The number of anilines is 2. The number of aromatic nitrogens is 2. The Labute approximate surface area is 252 Å². The molecule has 1 saturated carbocycles. The fourth-order valence-corrected chi connectivity index (χ4v) is 6.50. The fourth-order valence-electron chi connectivity index (χ4n) is 5.40. The highest BCUT2D eigenvalue weighted by Crippen LogP contribution is 2.36. The lowest BCUT2D eigenvalue weighted by Gasteiger charge is -2.37. The number of benzene rings is 1. The van der Waals surface area contributed by atoms with Crippen molar-refractivity contribution < 1.29 is 31.1 Å². The van der Waals surface area contributed by atoms with Crippen LogP contribution in [0.25, 0.3) is 0 Å². The number of sulfonamides is 1. The SMILES string of the molecule is CCS(=O)(=O)N(C)[C@@H]1CCCCC1CCCc1nc(Nc2ccc(C(=O)NCCN(C)C)cc2OC)ncc1C(F)(F)F. The highest BCUT2D eigenvalue weighted by Gasteiger charge is 2.36. The summed E-state index contributed by atoms with van der Waals surface area (Å²) >= 11 is 0. The Morgan fingerprint density at radius 1 is 1.16 bits per heavy atom. The predicted octanol–water partition coefficient (Wildman–Crippen LogP) is 4.70. The van der Waals surface area contributed by atoms with Crippen molar-refractivity contribution in [2.45, 2.75) is 64.1 Å². The third-order valence-electron chi connectivity index (χ3n) is 7.86. The fraction of sp³-hybridized carbons (Fsp3) is 0.621. The molecule has 10 nitrogen and oxygen atoms in total. The number of ether oxygens (including phenoxy) is 1. The van der Waals surface area contributed by atoms with E-state index in [9.17, 15) is 26.4 Å². The zero-order valence-corrected chi connectivity index (χ0v) is 26.3. The Morgan fingerprint density at radius 2 is 1.88 bits per heavy atom. The summed E-state index contributed by atoms with van der Waals surface area (Å²) in [6.45, 7) is 2.75. The largest absolute Gasteiger partial charge is 0.495 e. The van der Waals surface area contributed by atoms with Crippen molar-refractivity contribution in [2.24, 2.45) is 5.92 Å². The lowest BCUT2D eigenvalue weighted by molar-refractivity contribution is -0.138. The average Bonchev–Trinajstić information content (AvgIpc) is 2.96. The molecule has 1 fully saturated rings. The van der Waals surface area contributed by atoms with Gasteiger partial charge in [-0.3, -0.25) is 4.79 Å². The van der Waals surface area contributed by atoms with Crippen LogP contribution < -0.4 is 15.4 Å². The third-order valence-corrected chi connectivity index (χ3v) is 9.73. The van der Waals surface area contributed by atoms with Crippen LogP contribution in [0.5, 0.6) is 5.75 Å². The van der Waals surface area contributed by atoms with E-state index >= 15 is 0 Å². The number of methoxy groups -OCH3 is 1. The molecule has 1 aliphatic rings. The topological polar surface area (TPSA) is 117 Å². The van der Waals surface area contributed by atoms with Gasteiger partial charge in [-0.15, -0.1) is 0 Å². The second-order valence-corrected chi connectivity index (χ2v) is 13.4. The van der Waals surface area contributed by atoms with Gasteiger partial charge in [0.15, 0.2) is 0 Å². The van der Waals surface area contributed by atoms with Gasteiger partial charge in [0.25, 0.3) is 5.91 Å². The molecule has 1 amide bonds. The number of carbonyl (C=O) groups is 1. The third kappa shape index (κ3) is 9.51.